The zero-order valence-electron chi connectivity index (χ0n) is 15.0. The van der Waals surface area contributed by atoms with E-state index < -0.39 is 17.6 Å². The molecule has 2 aromatic carbocycles. The van der Waals surface area contributed by atoms with E-state index in [0.29, 0.717) is 0 Å². The number of amides is 1. The normalized spacial score (nSPS) is 13.4. The molecule has 1 aliphatic heterocycles. The predicted octanol–water partition coefficient (Wildman–Crippen LogP) is 4.05. The van der Waals surface area contributed by atoms with Crippen LogP contribution in [0.1, 0.15) is 17.8 Å². The number of fused-ring (bicyclic) bond motifs is 1. The highest BCUT2D eigenvalue weighted by atomic mass is 19.4. The number of halogens is 3. The third kappa shape index (κ3) is 3.52. The number of nitrogens with zero attached hydrogens (tertiary/aromatic N) is 2. The van der Waals surface area contributed by atoms with Crippen LogP contribution in [0.4, 0.5) is 18.9 Å². The number of anilines is 1. The summed E-state index contributed by atoms with van der Waals surface area (Å²) < 4.78 is 43.4. The molecule has 1 N–H and O–H groups in total. The van der Waals surface area contributed by atoms with E-state index in [9.17, 15) is 18.0 Å². The van der Waals surface area contributed by atoms with Gasteiger partial charge in [-0.25, -0.2) is 9.13 Å². The summed E-state index contributed by atoms with van der Waals surface area (Å²) in [5.74, 6) is 0.528. The first-order chi connectivity index (χ1) is 13.4. The first-order valence-corrected chi connectivity index (χ1v) is 9.07. The van der Waals surface area contributed by atoms with Gasteiger partial charge in [0.25, 0.3) is 11.7 Å². The van der Waals surface area contributed by atoms with Gasteiger partial charge in [-0.05, 0) is 18.6 Å². The Balaban J connectivity index is 1.59. The lowest BCUT2D eigenvalue weighted by molar-refractivity contribution is -0.690. The van der Waals surface area contributed by atoms with Crippen molar-refractivity contribution in [1.29, 1.82) is 0 Å². The lowest BCUT2D eigenvalue weighted by Crippen LogP contribution is -2.42. The van der Waals surface area contributed by atoms with Crippen molar-refractivity contribution in [3.05, 3.63) is 72.2 Å². The number of hydrogen-bond donors (Lipinski definition) is 1. The van der Waals surface area contributed by atoms with Gasteiger partial charge in [0.2, 0.25) is 0 Å². The number of carbonyl (C=O) groups excluding carboxylic acids is 1. The third-order valence-corrected chi connectivity index (χ3v) is 4.88. The first-order valence-electron chi connectivity index (χ1n) is 9.07. The molecule has 4 rings (SSSR count). The number of aromatic nitrogens is 2. The Morgan fingerprint density at radius 3 is 2.54 bits per heavy atom. The van der Waals surface area contributed by atoms with Crippen molar-refractivity contribution in [2.45, 2.75) is 32.1 Å². The van der Waals surface area contributed by atoms with Gasteiger partial charge in [0.05, 0.1) is 24.2 Å². The fourth-order valence-corrected chi connectivity index (χ4v) is 3.67. The molecule has 1 amide bonds. The Kier molecular flexibility index (Phi) is 4.66. The summed E-state index contributed by atoms with van der Waals surface area (Å²) in [6.45, 7) is 0.833. The van der Waals surface area contributed by atoms with E-state index in [1.165, 1.54) is 18.2 Å². The number of rotatable bonds is 4. The van der Waals surface area contributed by atoms with E-state index in [1.54, 1.807) is 0 Å². The minimum atomic E-state index is -4.52. The molecule has 7 heteroatoms. The smallest absolute Gasteiger partial charge is 0.322 e. The molecule has 0 saturated carbocycles. The first kappa shape index (κ1) is 18.3. The molecule has 0 fully saturated rings. The van der Waals surface area contributed by atoms with E-state index in [1.807, 2.05) is 41.1 Å². The summed E-state index contributed by atoms with van der Waals surface area (Å²) in [6.07, 6.45) is -0.804. The van der Waals surface area contributed by atoms with Crippen LogP contribution >= 0.6 is 0 Å². The second-order valence-electron chi connectivity index (χ2n) is 6.77. The number of carbonyl (C=O) groups is 1. The van der Waals surface area contributed by atoms with Crippen LogP contribution in [0, 0.1) is 0 Å². The highest BCUT2D eigenvalue weighted by molar-refractivity contribution is 5.90. The summed E-state index contributed by atoms with van der Waals surface area (Å²) in [5, 5.41) is 2.42. The Labute approximate surface area is 160 Å². The van der Waals surface area contributed by atoms with Gasteiger partial charge in [-0.15, -0.1) is 0 Å². The zero-order chi connectivity index (χ0) is 19.7. The molecule has 0 bridgehead atoms. The molecular formula is C21H19F3N3O+. The highest BCUT2D eigenvalue weighted by Crippen LogP contribution is 2.34. The minimum absolute atomic E-state index is 0.0334. The van der Waals surface area contributed by atoms with Crippen LogP contribution in [0.3, 0.4) is 0 Å². The number of alkyl halides is 3. The van der Waals surface area contributed by atoms with Crippen molar-refractivity contribution in [2.24, 2.45) is 0 Å². The molecule has 0 atom stereocenters. The lowest BCUT2D eigenvalue weighted by Gasteiger charge is -2.13. The maximum atomic E-state index is 13.1. The fraction of sp³-hybridized carbons (Fsp3) is 0.238. The zero-order valence-corrected chi connectivity index (χ0v) is 15.0. The van der Waals surface area contributed by atoms with Gasteiger partial charge in [-0.2, -0.15) is 13.2 Å². The second-order valence-corrected chi connectivity index (χ2v) is 6.77. The SMILES string of the molecule is O=C(C[n+]1cc(-c2ccccc2)n2c1CCC2)Nc1ccccc1C(F)(F)F. The van der Waals surface area contributed by atoms with Crippen LogP contribution in [0.5, 0.6) is 0 Å². The van der Waals surface area contributed by atoms with E-state index >= 15 is 0 Å². The molecule has 4 nitrogen and oxygen atoms in total. The summed E-state index contributed by atoms with van der Waals surface area (Å²) in [5.41, 5.74) is 0.990. The topological polar surface area (TPSA) is 37.9 Å². The Hall–Kier alpha value is -3.09. The quantitative estimate of drug-likeness (QED) is 0.675. The highest BCUT2D eigenvalue weighted by Gasteiger charge is 2.34. The van der Waals surface area contributed by atoms with Crippen LogP contribution in [0.2, 0.25) is 0 Å². The van der Waals surface area contributed by atoms with Gasteiger partial charge < -0.3 is 5.32 Å². The molecule has 1 aliphatic rings. The number of para-hydroxylation sites is 1. The third-order valence-electron chi connectivity index (χ3n) is 4.88. The minimum Gasteiger partial charge on any atom is -0.322 e. The molecule has 1 aromatic heterocycles. The largest absolute Gasteiger partial charge is 0.418 e. The van der Waals surface area contributed by atoms with Gasteiger partial charge in [0.15, 0.2) is 12.2 Å². The van der Waals surface area contributed by atoms with Crippen LogP contribution in [-0.4, -0.2) is 10.5 Å². The lowest BCUT2D eigenvalue weighted by atomic mass is 10.1. The molecule has 144 valence electrons. The Bertz CT molecular complexity index is 1010. The summed E-state index contributed by atoms with van der Waals surface area (Å²) in [4.78, 5) is 12.5. The average molecular weight is 386 g/mol. The molecule has 0 radical (unpaired) electrons. The van der Waals surface area contributed by atoms with Gasteiger partial charge in [0.1, 0.15) is 6.20 Å². The summed E-state index contributed by atoms with van der Waals surface area (Å²) in [7, 11) is 0. The van der Waals surface area contributed by atoms with E-state index in [-0.39, 0.29) is 12.2 Å². The van der Waals surface area contributed by atoms with E-state index in [2.05, 4.69) is 9.88 Å². The van der Waals surface area contributed by atoms with Gasteiger partial charge in [-0.3, -0.25) is 4.79 Å². The van der Waals surface area contributed by atoms with Crippen LogP contribution in [0.25, 0.3) is 11.3 Å². The molecule has 2 heterocycles. The molecule has 0 aliphatic carbocycles. The van der Waals surface area contributed by atoms with Crippen LogP contribution in [0.15, 0.2) is 60.8 Å². The van der Waals surface area contributed by atoms with Crippen molar-refractivity contribution in [2.75, 3.05) is 5.32 Å². The van der Waals surface area contributed by atoms with Crippen molar-refractivity contribution >= 4 is 11.6 Å². The van der Waals surface area contributed by atoms with Gasteiger partial charge >= 0.3 is 6.18 Å². The maximum absolute atomic E-state index is 13.1. The number of nitrogens with one attached hydrogen (secondary N) is 1. The second kappa shape index (κ2) is 7.14. The summed E-state index contributed by atoms with van der Waals surface area (Å²) >= 11 is 0. The number of hydrogen-bond acceptors (Lipinski definition) is 1. The fourth-order valence-electron chi connectivity index (χ4n) is 3.67. The maximum Gasteiger partial charge on any atom is 0.418 e. The summed E-state index contributed by atoms with van der Waals surface area (Å²) in [6, 6.07) is 14.9. The van der Waals surface area contributed by atoms with E-state index in [4.69, 9.17) is 0 Å². The molecule has 28 heavy (non-hydrogen) atoms. The predicted molar refractivity (Wildman–Crippen MR) is 98.5 cm³/mol. The molecular weight excluding hydrogens is 367 g/mol. The Morgan fingerprint density at radius 2 is 1.79 bits per heavy atom. The van der Waals surface area contributed by atoms with Gasteiger partial charge in [0, 0.05) is 5.56 Å². The van der Waals surface area contributed by atoms with Gasteiger partial charge in [-0.1, -0.05) is 42.5 Å². The average Bonchev–Trinajstić information content (AvgIpc) is 3.26. The van der Waals surface area contributed by atoms with Crippen molar-refractivity contribution < 1.29 is 22.5 Å². The Morgan fingerprint density at radius 1 is 1.07 bits per heavy atom. The number of imidazole rings is 1. The van der Waals surface area contributed by atoms with Crippen LogP contribution in [-0.2, 0) is 30.5 Å². The standard InChI is InChI=1S/C21H18F3N3O/c22-21(23,24)16-9-4-5-10-17(16)25-19(28)14-26-13-18(15-7-2-1-3-8-15)27-12-6-11-20(26)27/h1-5,7-10,13H,6,11-12,14H2/p+1. The van der Waals surface area contributed by atoms with Crippen molar-refractivity contribution in [1.82, 2.24) is 4.57 Å². The molecule has 0 spiro atoms. The number of benzene rings is 2. The van der Waals surface area contributed by atoms with Crippen LogP contribution < -0.4 is 9.88 Å². The molecule has 0 unspecified atom stereocenters. The van der Waals surface area contributed by atoms with E-state index in [0.717, 1.165) is 42.5 Å². The molecule has 3 aromatic rings. The van der Waals surface area contributed by atoms with Crippen molar-refractivity contribution in [3.63, 3.8) is 0 Å². The monoisotopic (exact) mass is 386 g/mol. The molecule has 0 saturated heterocycles. The van der Waals surface area contributed by atoms with Crippen molar-refractivity contribution in [3.8, 4) is 11.3 Å².